The van der Waals surface area contributed by atoms with Crippen LogP contribution in [0.4, 0.5) is 13.2 Å². The topological polar surface area (TPSA) is 74.6 Å². The van der Waals surface area contributed by atoms with Crippen LogP contribution in [-0.4, -0.2) is 41.4 Å². The van der Waals surface area contributed by atoms with Gasteiger partial charge in [-0.3, -0.25) is 0 Å². The van der Waals surface area contributed by atoms with E-state index in [-0.39, 0.29) is 17.4 Å². The number of carboxylic acids is 1. The molecule has 1 unspecified atom stereocenters. The van der Waals surface area contributed by atoms with Crippen LogP contribution in [0.25, 0.3) is 0 Å². The van der Waals surface area contributed by atoms with Gasteiger partial charge in [-0.2, -0.15) is 0 Å². The number of carbonyl (C=O) groups excluding carboxylic acids is 1. The van der Waals surface area contributed by atoms with E-state index in [0.717, 1.165) is 0 Å². The van der Waals surface area contributed by atoms with E-state index >= 15 is 0 Å². The molecule has 0 saturated heterocycles. The van der Waals surface area contributed by atoms with Crippen molar-refractivity contribution >= 4 is 26.0 Å². The Hall–Kier alpha value is -0.552. The number of carbonyl (C=O) groups is 2. The number of alkyl halides is 3. The SMILES string of the molecule is CC(C)C[C@H](C(=O)O)[C@H](CCC(F)(F)F)[As](O)C=O. The molecule has 0 aromatic heterocycles. The van der Waals surface area contributed by atoms with E-state index in [1.807, 2.05) is 0 Å². The molecule has 0 aliphatic rings. The first kappa shape index (κ1) is 18.4. The first-order valence-electron chi connectivity index (χ1n) is 5.80. The summed E-state index contributed by atoms with van der Waals surface area (Å²) in [7, 11) is 0. The summed E-state index contributed by atoms with van der Waals surface area (Å²) in [6.45, 7) is 3.48. The number of aliphatic carboxylic acids is 1. The molecular weight excluding hydrogens is 328 g/mol. The molecule has 0 radical (unpaired) electrons. The van der Waals surface area contributed by atoms with Crippen molar-refractivity contribution in [1.82, 2.24) is 0 Å². The third-order valence-electron chi connectivity index (χ3n) is 2.68. The van der Waals surface area contributed by atoms with Crippen molar-refractivity contribution in [3.8, 4) is 0 Å². The van der Waals surface area contributed by atoms with Gasteiger partial charge in [-0.15, -0.1) is 0 Å². The Balaban J connectivity index is 4.96. The Kier molecular flexibility index (Phi) is 7.67. The summed E-state index contributed by atoms with van der Waals surface area (Å²) in [5.41, 5.74) is 0. The van der Waals surface area contributed by atoms with Crippen molar-refractivity contribution in [1.29, 1.82) is 0 Å². The fraction of sp³-hybridized carbons (Fsp3) is 0.818. The molecule has 0 rings (SSSR count). The zero-order valence-electron chi connectivity index (χ0n) is 10.7. The van der Waals surface area contributed by atoms with E-state index in [1.54, 1.807) is 13.8 Å². The number of halogens is 3. The van der Waals surface area contributed by atoms with Crippen molar-refractivity contribution in [2.45, 2.75) is 44.0 Å². The Bertz CT molecular complexity index is 307. The molecule has 0 saturated carbocycles. The van der Waals surface area contributed by atoms with Crippen molar-refractivity contribution in [3.63, 3.8) is 0 Å². The van der Waals surface area contributed by atoms with Gasteiger partial charge in [0.1, 0.15) is 0 Å². The molecule has 2 N–H and O–H groups in total. The Morgan fingerprint density at radius 1 is 1.37 bits per heavy atom. The second-order valence-corrected chi connectivity index (χ2v) is 8.21. The fourth-order valence-electron chi connectivity index (χ4n) is 1.84. The molecule has 0 amide bonds. The Morgan fingerprint density at radius 2 is 1.89 bits per heavy atom. The molecule has 4 nitrogen and oxygen atoms in total. The van der Waals surface area contributed by atoms with Crippen LogP contribution in [-0.2, 0) is 9.59 Å². The summed E-state index contributed by atoms with van der Waals surface area (Å²) in [5.74, 6) is -2.39. The number of hydrogen-bond acceptors (Lipinski definition) is 3. The molecule has 19 heavy (non-hydrogen) atoms. The van der Waals surface area contributed by atoms with Gasteiger partial charge in [0.2, 0.25) is 0 Å². The Labute approximate surface area is 114 Å². The average Bonchev–Trinajstić information content (AvgIpc) is 2.25. The van der Waals surface area contributed by atoms with E-state index in [2.05, 4.69) is 0 Å². The van der Waals surface area contributed by atoms with Crippen LogP contribution in [0, 0.1) is 11.8 Å². The minimum absolute atomic E-state index is 0.0384. The van der Waals surface area contributed by atoms with Gasteiger partial charge < -0.3 is 0 Å². The fourth-order valence-corrected chi connectivity index (χ4v) is 4.29. The van der Waals surface area contributed by atoms with E-state index in [0.29, 0.717) is 0 Å². The zero-order valence-corrected chi connectivity index (χ0v) is 12.6. The molecule has 3 atom stereocenters. The van der Waals surface area contributed by atoms with Crippen molar-refractivity contribution in [3.05, 3.63) is 0 Å². The van der Waals surface area contributed by atoms with Gasteiger partial charge in [-0.05, 0) is 0 Å². The summed E-state index contributed by atoms with van der Waals surface area (Å²) in [4.78, 5) is 21.8. The first-order valence-corrected chi connectivity index (χ1v) is 8.81. The van der Waals surface area contributed by atoms with Crippen LogP contribution >= 0.6 is 0 Å². The first-order chi connectivity index (χ1) is 8.58. The van der Waals surface area contributed by atoms with Crippen LogP contribution in [0.1, 0.15) is 33.1 Å². The number of hydrogen-bond donors (Lipinski definition) is 2. The van der Waals surface area contributed by atoms with Gasteiger partial charge in [0.15, 0.2) is 0 Å². The molecule has 0 bridgehead atoms. The van der Waals surface area contributed by atoms with E-state index < -0.39 is 50.6 Å². The second-order valence-electron chi connectivity index (χ2n) is 4.78. The Morgan fingerprint density at radius 3 is 2.21 bits per heavy atom. The molecule has 0 heterocycles. The summed E-state index contributed by atoms with van der Waals surface area (Å²) < 4.78 is 45.1. The van der Waals surface area contributed by atoms with Gasteiger partial charge in [-0.1, -0.05) is 0 Å². The van der Waals surface area contributed by atoms with E-state index in [1.165, 1.54) is 0 Å². The predicted molar refractivity (Wildman–Crippen MR) is 64.3 cm³/mol. The van der Waals surface area contributed by atoms with Gasteiger partial charge in [0, 0.05) is 0 Å². The normalized spacial score (nSPS) is 17.0. The van der Waals surface area contributed by atoms with Crippen molar-refractivity contribution in [2.75, 3.05) is 0 Å². The summed E-state index contributed by atoms with van der Waals surface area (Å²) in [6.07, 6.45) is -5.96. The standard InChI is InChI=1S/C11H18AsF3O4/c1-7(2)5-8(10(17)18)9(12(19)6-16)3-4-11(13,14)15/h6-9,19H,3-5H2,1-2H3,(H,17,18)/t8-,9-,12?/m0/s1. The van der Waals surface area contributed by atoms with Crippen molar-refractivity contribution in [2.24, 2.45) is 11.8 Å². The molecule has 0 aromatic rings. The summed E-state index contributed by atoms with van der Waals surface area (Å²) >= 11 is -3.19. The molecule has 0 aromatic carbocycles. The quantitative estimate of drug-likeness (QED) is 0.522. The van der Waals surface area contributed by atoms with Crippen LogP contribution in [0.2, 0.25) is 4.71 Å². The molecule has 0 aliphatic carbocycles. The number of carboxylic acid groups (broad SMARTS) is 1. The predicted octanol–water partition coefficient (Wildman–Crippen LogP) is 2.20. The zero-order chi connectivity index (χ0) is 15.2. The van der Waals surface area contributed by atoms with Gasteiger partial charge >= 0.3 is 114 Å². The number of rotatable bonds is 8. The third-order valence-corrected chi connectivity index (χ3v) is 5.85. The van der Waals surface area contributed by atoms with Gasteiger partial charge in [0.25, 0.3) is 0 Å². The maximum absolute atomic E-state index is 12.2. The van der Waals surface area contributed by atoms with E-state index in [9.17, 15) is 26.9 Å². The van der Waals surface area contributed by atoms with E-state index in [4.69, 9.17) is 5.11 Å². The van der Waals surface area contributed by atoms with Crippen LogP contribution in [0.5, 0.6) is 0 Å². The molecule has 0 aliphatic heterocycles. The monoisotopic (exact) mass is 346 g/mol. The van der Waals surface area contributed by atoms with Gasteiger partial charge in [-0.25, -0.2) is 0 Å². The summed E-state index contributed by atoms with van der Waals surface area (Å²) in [6, 6.07) is 0. The molecule has 8 heteroatoms. The summed E-state index contributed by atoms with van der Waals surface area (Å²) in [5, 5.41) is 9.32. The van der Waals surface area contributed by atoms with Crippen molar-refractivity contribution < 1.29 is 32.0 Å². The maximum atomic E-state index is 12.2. The second kappa shape index (κ2) is 7.90. The van der Waals surface area contributed by atoms with Crippen LogP contribution in [0.15, 0.2) is 0 Å². The van der Waals surface area contributed by atoms with Gasteiger partial charge in [0.05, 0.1) is 0 Å². The van der Waals surface area contributed by atoms with Crippen LogP contribution in [0.3, 0.4) is 0 Å². The molecule has 0 fully saturated rings. The molecular formula is C11H18AsF3O4. The average molecular weight is 346 g/mol. The third kappa shape index (κ3) is 7.57. The minimum atomic E-state index is -4.42. The van der Waals surface area contributed by atoms with Crippen LogP contribution < -0.4 is 0 Å². The molecule has 112 valence electrons. The molecule has 0 spiro atoms.